The lowest BCUT2D eigenvalue weighted by atomic mass is 10.2. The molecule has 68 valence electrons. The summed E-state index contributed by atoms with van der Waals surface area (Å²) in [5.74, 6) is 0. The van der Waals surface area contributed by atoms with E-state index in [2.05, 4.69) is 13.2 Å². The molecule has 0 saturated heterocycles. The van der Waals surface area contributed by atoms with E-state index in [4.69, 9.17) is 5.73 Å². The van der Waals surface area contributed by atoms with Crippen LogP contribution in [0.1, 0.15) is 41.0 Å². The van der Waals surface area contributed by atoms with Crippen LogP contribution >= 0.6 is 0 Å². The first-order chi connectivity index (χ1) is 5.13. The molecule has 0 aromatic rings. The summed E-state index contributed by atoms with van der Waals surface area (Å²) in [6.45, 7) is 17.1. The maximum atomic E-state index is 5.24. The fourth-order valence-corrected chi connectivity index (χ4v) is 0.388. The molecule has 0 saturated carbocycles. The van der Waals surface area contributed by atoms with E-state index in [1.807, 2.05) is 34.6 Å². The minimum atomic E-state index is 0.688. The summed E-state index contributed by atoms with van der Waals surface area (Å²) in [5, 5.41) is 0. The summed E-state index contributed by atoms with van der Waals surface area (Å²) >= 11 is 0. The van der Waals surface area contributed by atoms with Gasteiger partial charge in [0.15, 0.2) is 0 Å². The van der Waals surface area contributed by atoms with Gasteiger partial charge in [0.25, 0.3) is 0 Å². The number of rotatable bonds is 2. The van der Waals surface area contributed by atoms with Crippen LogP contribution in [-0.2, 0) is 0 Å². The maximum Gasteiger partial charge on any atom is 0.00680 e. The average molecular weight is 157 g/mol. The van der Waals surface area contributed by atoms with E-state index in [0.717, 1.165) is 12.0 Å². The molecule has 0 aliphatic heterocycles. The van der Waals surface area contributed by atoms with Gasteiger partial charge in [0.05, 0.1) is 0 Å². The molecule has 0 aliphatic rings. The van der Waals surface area contributed by atoms with E-state index >= 15 is 0 Å². The largest absolute Gasteiger partial charge is 0.402 e. The standard InChI is InChI=1S/C6H11N.2C2H6/c1-5(2)4-6(3)7;2*1-2/h1,3-4,7H2,2H3;2*1-2H3. The van der Waals surface area contributed by atoms with Crippen molar-refractivity contribution in [1.82, 2.24) is 0 Å². The number of hydrogen-bond donors (Lipinski definition) is 1. The predicted molar refractivity (Wildman–Crippen MR) is 55.5 cm³/mol. The van der Waals surface area contributed by atoms with Gasteiger partial charge in [0.2, 0.25) is 0 Å². The molecule has 0 aromatic carbocycles. The quantitative estimate of drug-likeness (QED) is 0.610. The Kier molecular flexibility index (Phi) is 24.5. The molecule has 0 bridgehead atoms. The Balaban J connectivity index is -0.000000138. The van der Waals surface area contributed by atoms with Gasteiger partial charge in [-0.05, 0) is 6.92 Å². The molecule has 0 rings (SSSR count). The SMILES string of the molecule is C=C(C)CC(=C)N.CC.CC. The van der Waals surface area contributed by atoms with Crippen molar-refractivity contribution < 1.29 is 0 Å². The van der Waals surface area contributed by atoms with E-state index in [9.17, 15) is 0 Å². The maximum absolute atomic E-state index is 5.24. The summed E-state index contributed by atoms with van der Waals surface area (Å²) in [5.41, 5.74) is 6.99. The van der Waals surface area contributed by atoms with Crippen LogP contribution < -0.4 is 5.73 Å². The summed E-state index contributed by atoms with van der Waals surface area (Å²) in [4.78, 5) is 0. The normalized spacial score (nSPS) is 6.27. The Morgan fingerprint density at radius 1 is 1.09 bits per heavy atom. The molecule has 0 amide bonds. The molecule has 1 nitrogen and oxygen atoms in total. The Bertz CT molecular complexity index is 81.0. The molecular formula is C10H23N. The minimum Gasteiger partial charge on any atom is -0.402 e. The Labute approximate surface area is 72.0 Å². The van der Waals surface area contributed by atoms with E-state index in [1.54, 1.807) is 0 Å². The summed E-state index contributed by atoms with van der Waals surface area (Å²) in [6.07, 6.45) is 0.750. The Morgan fingerprint density at radius 3 is 1.36 bits per heavy atom. The van der Waals surface area contributed by atoms with Crippen molar-refractivity contribution in [1.29, 1.82) is 0 Å². The molecule has 0 unspecified atom stereocenters. The Morgan fingerprint density at radius 2 is 1.36 bits per heavy atom. The Hall–Kier alpha value is -0.720. The molecule has 0 radical (unpaired) electrons. The van der Waals surface area contributed by atoms with Gasteiger partial charge >= 0.3 is 0 Å². The van der Waals surface area contributed by atoms with Crippen molar-refractivity contribution >= 4 is 0 Å². The van der Waals surface area contributed by atoms with Crippen molar-refractivity contribution in [3.05, 3.63) is 24.4 Å². The van der Waals surface area contributed by atoms with Crippen molar-refractivity contribution in [2.75, 3.05) is 0 Å². The van der Waals surface area contributed by atoms with Crippen molar-refractivity contribution in [2.45, 2.75) is 41.0 Å². The second kappa shape index (κ2) is 16.1. The van der Waals surface area contributed by atoms with Gasteiger partial charge in [0, 0.05) is 12.1 Å². The highest BCUT2D eigenvalue weighted by atomic mass is 14.5. The highest BCUT2D eigenvalue weighted by Crippen LogP contribution is 1.98. The third-order valence-electron chi connectivity index (χ3n) is 0.529. The molecule has 0 atom stereocenters. The van der Waals surface area contributed by atoms with Gasteiger partial charge in [-0.2, -0.15) is 0 Å². The zero-order valence-corrected chi connectivity index (χ0v) is 8.70. The summed E-state index contributed by atoms with van der Waals surface area (Å²) in [7, 11) is 0. The number of nitrogens with two attached hydrogens (primary N) is 1. The first kappa shape index (κ1) is 16.7. The fraction of sp³-hybridized carbons (Fsp3) is 0.600. The van der Waals surface area contributed by atoms with Gasteiger partial charge in [-0.3, -0.25) is 0 Å². The lowest BCUT2D eigenvalue weighted by Crippen LogP contribution is -1.93. The first-order valence-corrected chi connectivity index (χ1v) is 4.20. The molecule has 11 heavy (non-hydrogen) atoms. The van der Waals surface area contributed by atoms with Crippen LogP contribution in [0.3, 0.4) is 0 Å². The van der Waals surface area contributed by atoms with Crippen LogP contribution in [0.5, 0.6) is 0 Å². The van der Waals surface area contributed by atoms with Crippen LogP contribution in [-0.4, -0.2) is 0 Å². The molecule has 2 N–H and O–H groups in total. The van der Waals surface area contributed by atoms with E-state index in [-0.39, 0.29) is 0 Å². The van der Waals surface area contributed by atoms with Crippen molar-refractivity contribution in [3.63, 3.8) is 0 Å². The van der Waals surface area contributed by atoms with Gasteiger partial charge in [0.1, 0.15) is 0 Å². The van der Waals surface area contributed by atoms with Crippen molar-refractivity contribution in [2.24, 2.45) is 5.73 Å². The molecule has 0 heterocycles. The smallest absolute Gasteiger partial charge is 0.00680 e. The van der Waals surface area contributed by atoms with Crippen LogP contribution in [0.25, 0.3) is 0 Å². The predicted octanol–water partition coefficient (Wildman–Crippen LogP) is 3.48. The molecule has 0 fully saturated rings. The number of hydrogen-bond acceptors (Lipinski definition) is 1. The zero-order valence-electron chi connectivity index (χ0n) is 8.70. The van der Waals surface area contributed by atoms with Gasteiger partial charge in [-0.25, -0.2) is 0 Å². The average Bonchev–Trinajstić information content (AvgIpc) is 1.93. The van der Waals surface area contributed by atoms with Gasteiger partial charge < -0.3 is 5.73 Å². The minimum absolute atomic E-state index is 0.688. The third kappa shape index (κ3) is 45.7. The van der Waals surface area contributed by atoms with Gasteiger partial charge in [-0.1, -0.05) is 46.4 Å². The molecular weight excluding hydrogens is 134 g/mol. The van der Waals surface area contributed by atoms with Crippen LogP contribution in [0.4, 0.5) is 0 Å². The molecule has 0 spiro atoms. The van der Waals surface area contributed by atoms with E-state index in [1.165, 1.54) is 0 Å². The van der Waals surface area contributed by atoms with Crippen LogP contribution in [0.15, 0.2) is 24.4 Å². The third-order valence-corrected chi connectivity index (χ3v) is 0.529. The van der Waals surface area contributed by atoms with E-state index < -0.39 is 0 Å². The second-order valence-corrected chi connectivity index (χ2v) is 1.79. The molecule has 1 heteroatoms. The lowest BCUT2D eigenvalue weighted by Gasteiger charge is -1.93. The van der Waals surface area contributed by atoms with E-state index in [0.29, 0.717) is 5.70 Å². The molecule has 0 aliphatic carbocycles. The zero-order chi connectivity index (χ0) is 9.86. The van der Waals surface area contributed by atoms with Crippen LogP contribution in [0.2, 0.25) is 0 Å². The molecule has 0 aromatic heterocycles. The first-order valence-electron chi connectivity index (χ1n) is 4.20. The van der Waals surface area contributed by atoms with Crippen molar-refractivity contribution in [3.8, 4) is 0 Å². The highest BCUT2D eigenvalue weighted by Gasteiger charge is 1.82. The topological polar surface area (TPSA) is 26.0 Å². The fourth-order valence-electron chi connectivity index (χ4n) is 0.388. The highest BCUT2D eigenvalue weighted by molar-refractivity contribution is 5.02. The monoisotopic (exact) mass is 157 g/mol. The number of allylic oxidation sites excluding steroid dienone is 1. The summed E-state index contributed by atoms with van der Waals surface area (Å²) in [6, 6.07) is 0. The lowest BCUT2D eigenvalue weighted by molar-refractivity contribution is 1.10. The second-order valence-electron chi connectivity index (χ2n) is 1.79. The summed E-state index contributed by atoms with van der Waals surface area (Å²) < 4.78 is 0. The van der Waals surface area contributed by atoms with Crippen LogP contribution in [0, 0.1) is 0 Å². The van der Waals surface area contributed by atoms with Gasteiger partial charge in [-0.15, -0.1) is 0 Å².